The average Bonchev–Trinajstić information content (AvgIpc) is 3.23. The Hall–Kier alpha value is -3.52. The number of aliphatic carboxylic acids is 1. The van der Waals surface area contributed by atoms with Crippen LogP contribution in [0.5, 0.6) is 0 Å². The topological polar surface area (TPSA) is 111 Å². The number of alkyl carbamates (subject to hydrolysis) is 1. The fourth-order valence-electron chi connectivity index (χ4n) is 5.09. The van der Waals surface area contributed by atoms with Gasteiger partial charge in [-0.15, -0.1) is 0 Å². The molecule has 1 unspecified atom stereocenters. The van der Waals surface area contributed by atoms with Crippen molar-refractivity contribution in [3.8, 4) is 11.1 Å². The molecule has 0 heterocycles. The number of nitrogens with one attached hydrogen (secondary N) is 1. The molecule has 8 nitrogen and oxygen atoms in total. The van der Waals surface area contributed by atoms with Gasteiger partial charge in [-0.25, -0.2) is 14.0 Å². The first kappa shape index (κ1) is 32.4. The van der Waals surface area contributed by atoms with Gasteiger partial charge >= 0.3 is 19.7 Å². The summed E-state index contributed by atoms with van der Waals surface area (Å²) in [6, 6.07) is 20.4. The number of carbonyl (C=O) groups is 2. The van der Waals surface area contributed by atoms with Crippen molar-refractivity contribution >= 4 is 19.7 Å². The highest BCUT2D eigenvalue weighted by Gasteiger charge is 2.44. The Labute approximate surface area is 252 Å². The highest BCUT2D eigenvalue weighted by Crippen LogP contribution is 2.65. The van der Waals surface area contributed by atoms with Crippen molar-refractivity contribution in [1.82, 2.24) is 5.32 Å². The summed E-state index contributed by atoms with van der Waals surface area (Å²) in [5, 5.41) is 12.2. The molecular formula is C33H39FNO7P. The van der Waals surface area contributed by atoms with Crippen molar-refractivity contribution in [3.05, 3.63) is 95.1 Å². The van der Waals surface area contributed by atoms with Crippen molar-refractivity contribution in [2.75, 3.05) is 6.61 Å². The van der Waals surface area contributed by atoms with E-state index >= 15 is 4.39 Å². The third kappa shape index (κ3) is 8.11. The predicted octanol–water partition coefficient (Wildman–Crippen LogP) is 8.01. The Morgan fingerprint density at radius 2 is 1.35 bits per heavy atom. The van der Waals surface area contributed by atoms with Crippen molar-refractivity contribution in [1.29, 1.82) is 0 Å². The summed E-state index contributed by atoms with van der Waals surface area (Å²) in [7, 11) is -4.24. The van der Waals surface area contributed by atoms with Gasteiger partial charge in [-0.1, -0.05) is 72.8 Å². The summed E-state index contributed by atoms with van der Waals surface area (Å²) in [6.45, 7) is 10.0. The fourth-order valence-corrected chi connectivity index (χ4v) is 7.37. The third-order valence-corrected chi connectivity index (χ3v) is 9.17. The minimum Gasteiger partial charge on any atom is -0.480 e. The number of hydrogen-bond acceptors (Lipinski definition) is 6. The van der Waals surface area contributed by atoms with Crippen LogP contribution in [0, 0.1) is 0 Å². The minimum atomic E-state index is -4.24. The van der Waals surface area contributed by atoms with Gasteiger partial charge < -0.3 is 24.2 Å². The lowest BCUT2D eigenvalue weighted by Gasteiger charge is -2.33. The summed E-state index contributed by atoms with van der Waals surface area (Å²) in [4.78, 5) is 24.7. The number of ether oxygens (including phenoxy) is 1. The lowest BCUT2D eigenvalue weighted by molar-refractivity contribution is -0.139. The molecule has 0 bridgehead atoms. The second kappa shape index (κ2) is 12.6. The monoisotopic (exact) mass is 611 g/mol. The van der Waals surface area contributed by atoms with Crippen molar-refractivity contribution in [2.24, 2.45) is 0 Å². The van der Waals surface area contributed by atoms with Crippen LogP contribution in [-0.4, -0.2) is 41.0 Å². The molecule has 3 aromatic rings. The predicted molar refractivity (Wildman–Crippen MR) is 163 cm³/mol. The number of carboxylic acid groups (broad SMARTS) is 1. The van der Waals surface area contributed by atoms with Crippen LogP contribution in [0.3, 0.4) is 0 Å². The standard InChI is InChI=1S/C33H39FNO7P/c1-32(2,3)41-43(39,42-33(4,5)6)29(34)22-17-15-21(16-18-22)19-28(30(36)37)35-31(38)40-20-27-25-13-9-7-11-23(25)24-12-8-10-14-26(24)27/h7-18,27-29H,19-20H2,1-6H3,(H,35,38)(H,36,37)/t28-,29?/m0/s1. The first-order valence-electron chi connectivity index (χ1n) is 14.1. The molecule has 0 aliphatic heterocycles. The van der Waals surface area contributed by atoms with E-state index in [4.69, 9.17) is 13.8 Å². The number of hydrogen-bond donors (Lipinski definition) is 2. The van der Waals surface area contributed by atoms with Gasteiger partial charge in [0.1, 0.15) is 12.6 Å². The van der Waals surface area contributed by atoms with Crippen molar-refractivity contribution < 1.29 is 37.4 Å². The second-order valence-corrected chi connectivity index (χ2v) is 14.5. The summed E-state index contributed by atoms with van der Waals surface area (Å²) in [5.74, 6) is -3.47. The lowest BCUT2D eigenvalue weighted by Crippen LogP contribution is -2.42. The Bertz CT molecular complexity index is 1450. The van der Waals surface area contributed by atoms with Crippen LogP contribution in [0.2, 0.25) is 0 Å². The number of amides is 1. The maximum absolute atomic E-state index is 15.7. The molecule has 4 rings (SSSR count). The van der Waals surface area contributed by atoms with Gasteiger partial charge in [0.25, 0.3) is 0 Å². The fraction of sp³-hybridized carbons (Fsp3) is 0.394. The number of carbonyl (C=O) groups excluding carboxylic acids is 1. The second-order valence-electron chi connectivity index (χ2n) is 12.6. The molecule has 0 radical (unpaired) electrons. The molecule has 0 saturated heterocycles. The molecule has 3 aromatic carbocycles. The molecule has 1 aliphatic rings. The van der Waals surface area contributed by atoms with E-state index in [0.29, 0.717) is 5.56 Å². The van der Waals surface area contributed by atoms with E-state index in [9.17, 15) is 19.3 Å². The number of halogens is 1. The molecule has 230 valence electrons. The summed E-state index contributed by atoms with van der Waals surface area (Å²) in [5.41, 5.74) is 2.99. The van der Waals surface area contributed by atoms with Crippen LogP contribution >= 0.6 is 7.60 Å². The number of benzene rings is 3. The van der Waals surface area contributed by atoms with E-state index in [0.717, 1.165) is 22.3 Å². The first-order chi connectivity index (χ1) is 20.1. The zero-order chi connectivity index (χ0) is 31.6. The molecule has 2 N–H and O–H groups in total. The van der Waals surface area contributed by atoms with Gasteiger partial charge in [0.2, 0.25) is 5.91 Å². The van der Waals surface area contributed by atoms with E-state index in [1.54, 1.807) is 41.5 Å². The Morgan fingerprint density at radius 3 is 1.81 bits per heavy atom. The first-order valence-corrected chi connectivity index (χ1v) is 15.8. The van der Waals surface area contributed by atoms with Crippen LogP contribution in [0.4, 0.5) is 9.18 Å². The maximum Gasteiger partial charge on any atom is 0.407 e. The molecule has 0 saturated carbocycles. The molecular weight excluding hydrogens is 572 g/mol. The Morgan fingerprint density at radius 1 is 0.860 bits per heavy atom. The van der Waals surface area contributed by atoms with Gasteiger partial charge in [-0.05, 0) is 74.9 Å². The van der Waals surface area contributed by atoms with Gasteiger partial charge in [0, 0.05) is 12.3 Å². The summed E-state index contributed by atoms with van der Waals surface area (Å²) in [6.07, 6.45) is -0.930. The summed E-state index contributed by atoms with van der Waals surface area (Å²) >= 11 is 0. The van der Waals surface area contributed by atoms with Gasteiger partial charge in [0.05, 0.1) is 11.2 Å². The zero-order valence-electron chi connectivity index (χ0n) is 25.3. The Balaban J connectivity index is 1.41. The number of rotatable bonds is 10. The van der Waals surface area contributed by atoms with Gasteiger partial charge in [-0.3, -0.25) is 4.57 Å². The highest BCUT2D eigenvalue weighted by atomic mass is 31.2. The van der Waals surface area contributed by atoms with E-state index in [1.807, 2.05) is 48.5 Å². The third-order valence-electron chi connectivity index (χ3n) is 6.71. The molecule has 2 atom stereocenters. The van der Waals surface area contributed by atoms with Gasteiger partial charge in [-0.2, -0.15) is 0 Å². The van der Waals surface area contributed by atoms with Crippen molar-refractivity contribution in [2.45, 2.75) is 77.0 Å². The smallest absolute Gasteiger partial charge is 0.407 e. The van der Waals surface area contributed by atoms with Crippen LogP contribution in [0.15, 0.2) is 72.8 Å². The Kier molecular flexibility index (Phi) is 9.50. The van der Waals surface area contributed by atoms with E-state index in [2.05, 4.69) is 5.32 Å². The molecule has 43 heavy (non-hydrogen) atoms. The number of alkyl halides is 1. The molecule has 10 heteroatoms. The number of carboxylic acids is 1. The highest BCUT2D eigenvalue weighted by molar-refractivity contribution is 7.54. The zero-order valence-corrected chi connectivity index (χ0v) is 26.2. The van der Waals surface area contributed by atoms with E-state index in [-0.39, 0.29) is 24.5 Å². The van der Waals surface area contributed by atoms with Crippen LogP contribution in [0.25, 0.3) is 11.1 Å². The molecule has 0 spiro atoms. The van der Waals surface area contributed by atoms with Crippen LogP contribution in [0.1, 0.15) is 75.6 Å². The van der Waals surface area contributed by atoms with Crippen LogP contribution in [-0.2, 0) is 29.6 Å². The minimum absolute atomic E-state index is 0.0477. The lowest BCUT2D eigenvalue weighted by atomic mass is 9.98. The molecule has 0 fully saturated rings. The SMILES string of the molecule is CC(C)(C)OP(=O)(OC(C)(C)C)C(F)c1ccc(C[C@H](NC(=O)OCC2c3ccccc3-c3ccccc32)C(=O)O)cc1. The molecule has 0 aromatic heterocycles. The van der Waals surface area contributed by atoms with E-state index in [1.165, 1.54) is 24.3 Å². The largest absolute Gasteiger partial charge is 0.480 e. The summed E-state index contributed by atoms with van der Waals surface area (Å²) < 4.78 is 45.9. The quantitative estimate of drug-likeness (QED) is 0.223. The maximum atomic E-state index is 15.7. The van der Waals surface area contributed by atoms with E-state index < -0.39 is 42.8 Å². The normalized spacial score (nSPS) is 14.9. The average molecular weight is 612 g/mol. The van der Waals surface area contributed by atoms with Crippen LogP contribution < -0.4 is 5.32 Å². The molecule has 1 amide bonds. The number of fused-ring (bicyclic) bond motifs is 3. The molecule has 1 aliphatic carbocycles. The van der Waals surface area contributed by atoms with Gasteiger partial charge in [0.15, 0.2) is 0 Å². The van der Waals surface area contributed by atoms with Crippen molar-refractivity contribution in [3.63, 3.8) is 0 Å².